The summed E-state index contributed by atoms with van der Waals surface area (Å²) >= 11 is 1.68. The lowest BCUT2D eigenvalue weighted by Crippen LogP contribution is -2.07. The summed E-state index contributed by atoms with van der Waals surface area (Å²) in [6.45, 7) is 3.09. The summed E-state index contributed by atoms with van der Waals surface area (Å²) in [7, 11) is 1.57. The number of non-ortho nitro benzene ring substituents is 1. The van der Waals surface area contributed by atoms with Gasteiger partial charge in [-0.3, -0.25) is 10.1 Å². The molecule has 0 bridgehead atoms. The van der Waals surface area contributed by atoms with E-state index in [-0.39, 0.29) is 5.69 Å². The third kappa shape index (κ3) is 4.24. The lowest BCUT2D eigenvalue weighted by molar-refractivity contribution is -0.384. The van der Waals surface area contributed by atoms with Crippen LogP contribution in [0.25, 0.3) is 0 Å². The Morgan fingerprint density at radius 2 is 2.29 bits per heavy atom. The molecule has 1 N–H and O–H groups in total. The second kappa shape index (κ2) is 7.14. The molecule has 0 saturated carbocycles. The van der Waals surface area contributed by atoms with Crippen molar-refractivity contribution in [2.24, 2.45) is 0 Å². The molecule has 2 rings (SSSR count). The van der Waals surface area contributed by atoms with Crippen molar-refractivity contribution in [2.75, 3.05) is 19.0 Å². The second-order valence-corrected chi connectivity index (χ2v) is 5.89. The second-order valence-electron chi connectivity index (χ2n) is 4.57. The number of nitro groups is 1. The number of nitro benzene ring substituents is 1. The quantitative estimate of drug-likeness (QED) is 0.628. The molecule has 0 aliphatic heterocycles. The topological polar surface area (TPSA) is 77.3 Å². The fourth-order valence-corrected chi connectivity index (χ4v) is 2.75. The van der Waals surface area contributed by atoms with E-state index in [9.17, 15) is 10.1 Å². The Morgan fingerprint density at radius 3 is 2.90 bits per heavy atom. The Bertz CT molecular complexity index is 628. The van der Waals surface area contributed by atoms with E-state index in [2.05, 4.69) is 10.3 Å². The number of anilines is 1. The molecule has 0 aliphatic carbocycles. The van der Waals surface area contributed by atoms with Crippen LogP contribution in [0.4, 0.5) is 11.4 Å². The summed E-state index contributed by atoms with van der Waals surface area (Å²) in [5.74, 6) is 0. The molecule has 112 valence electrons. The third-order valence-electron chi connectivity index (χ3n) is 2.92. The number of aryl methyl sites for hydroxylation is 1. The van der Waals surface area contributed by atoms with Gasteiger partial charge in [0.1, 0.15) is 0 Å². The zero-order valence-corrected chi connectivity index (χ0v) is 12.8. The molecule has 0 aliphatic rings. The van der Waals surface area contributed by atoms with Gasteiger partial charge in [-0.1, -0.05) is 0 Å². The first-order chi connectivity index (χ1) is 10.1. The maximum Gasteiger partial charge on any atom is 0.269 e. The van der Waals surface area contributed by atoms with Crippen LogP contribution in [0, 0.1) is 17.0 Å². The Morgan fingerprint density at radius 1 is 1.48 bits per heavy atom. The number of nitrogens with zero attached hydrogens (tertiary/aromatic N) is 2. The predicted octanol–water partition coefficient (Wildman–Crippen LogP) is 3.16. The number of rotatable bonds is 7. The van der Waals surface area contributed by atoms with Crippen LogP contribution in [0.3, 0.4) is 0 Å². The van der Waals surface area contributed by atoms with Gasteiger partial charge in [0.2, 0.25) is 0 Å². The molecule has 0 unspecified atom stereocenters. The van der Waals surface area contributed by atoms with E-state index in [4.69, 9.17) is 4.74 Å². The Hall–Kier alpha value is -1.99. The largest absolute Gasteiger partial charge is 0.384 e. The van der Waals surface area contributed by atoms with Crippen LogP contribution in [0.5, 0.6) is 0 Å². The molecular formula is C14H17N3O3S. The number of hydrogen-bond donors (Lipinski definition) is 1. The maximum absolute atomic E-state index is 10.8. The lowest BCUT2D eigenvalue weighted by Gasteiger charge is -2.11. The SMILES string of the molecule is COCc1cc([N+](=O)[O-])ccc1NCCc1ncc(C)s1. The summed E-state index contributed by atoms with van der Waals surface area (Å²) in [4.78, 5) is 15.9. The normalized spacial score (nSPS) is 10.6. The molecule has 0 saturated heterocycles. The molecule has 1 heterocycles. The highest BCUT2D eigenvalue weighted by Crippen LogP contribution is 2.23. The van der Waals surface area contributed by atoms with Crippen molar-refractivity contribution in [1.82, 2.24) is 4.98 Å². The summed E-state index contributed by atoms with van der Waals surface area (Å²) < 4.78 is 5.10. The maximum atomic E-state index is 10.8. The first-order valence-corrected chi connectivity index (χ1v) is 7.33. The molecule has 1 aromatic carbocycles. The van der Waals surface area contributed by atoms with E-state index in [0.29, 0.717) is 6.61 Å². The molecule has 6 nitrogen and oxygen atoms in total. The Balaban J connectivity index is 2.02. The van der Waals surface area contributed by atoms with Crippen molar-refractivity contribution in [3.05, 3.63) is 50.0 Å². The van der Waals surface area contributed by atoms with Crippen molar-refractivity contribution in [3.63, 3.8) is 0 Å². The van der Waals surface area contributed by atoms with Gasteiger partial charge in [-0.15, -0.1) is 11.3 Å². The van der Waals surface area contributed by atoms with Crippen LogP contribution in [0.2, 0.25) is 0 Å². The molecule has 2 aromatic rings. The zero-order valence-electron chi connectivity index (χ0n) is 12.0. The van der Waals surface area contributed by atoms with Crippen molar-refractivity contribution >= 4 is 22.7 Å². The van der Waals surface area contributed by atoms with Crippen molar-refractivity contribution < 1.29 is 9.66 Å². The average Bonchev–Trinajstić information content (AvgIpc) is 2.86. The minimum Gasteiger partial charge on any atom is -0.384 e. The number of methoxy groups -OCH3 is 1. The van der Waals surface area contributed by atoms with Gasteiger partial charge in [0.15, 0.2) is 0 Å². The fraction of sp³-hybridized carbons (Fsp3) is 0.357. The van der Waals surface area contributed by atoms with Crippen molar-refractivity contribution in [2.45, 2.75) is 20.0 Å². The highest BCUT2D eigenvalue weighted by molar-refractivity contribution is 7.11. The summed E-state index contributed by atoms with van der Waals surface area (Å²) in [5.41, 5.74) is 1.71. The number of nitrogens with one attached hydrogen (secondary N) is 1. The smallest absolute Gasteiger partial charge is 0.269 e. The predicted molar refractivity (Wildman–Crippen MR) is 82.9 cm³/mol. The van der Waals surface area contributed by atoms with Crippen LogP contribution < -0.4 is 5.32 Å². The van der Waals surface area contributed by atoms with Crippen molar-refractivity contribution in [1.29, 1.82) is 0 Å². The van der Waals surface area contributed by atoms with Crippen LogP contribution in [-0.4, -0.2) is 23.6 Å². The van der Waals surface area contributed by atoms with Crippen LogP contribution in [0.15, 0.2) is 24.4 Å². The molecule has 0 atom stereocenters. The zero-order chi connectivity index (χ0) is 15.2. The fourth-order valence-electron chi connectivity index (χ4n) is 1.96. The van der Waals surface area contributed by atoms with Gasteiger partial charge in [-0.25, -0.2) is 4.98 Å². The van der Waals surface area contributed by atoms with E-state index >= 15 is 0 Å². The van der Waals surface area contributed by atoms with Gasteiger partial charge in [-0.2, -0.15) is 0 Å². The van der Waals surface area contributed by atoms with Crippen LogP contribution >= 0.6 is 11.3 Å². The van der Waals surface area contributed by atoms with E-state index in [0.717, 1.165) is 29.2 Å². The number of benzene rings is 1. The third-order valence-corrected chi connectivity index (χ3v) is 3.90. The van der Waals surface area contributed by atoms with E-state index < -0.39 is 4.92 Å². The van der Waals surface area contributed by atoms with Gasteiger partial charge < -0.3 is 10.1 Å². The first kappa shape index (κ1) is 15.4. The molecular weight excluding hydrogens is 290 g/mol. The van der Waals surface area contributed by atoms with E-state index in [1.807, 2.05) is 13.1 Å². The number of thiazole rings is 1. The molecule has 1 aromatic heterocycles. The summed E-state index contributed by atoms with van der Waals surface area (Å²) in [5, 5.41) is 15.2. The monoisotopic (exact) mass is 307 g/mol. The highest BCUT2D eigenvalue weighted by Gasteiger charge is 2.10. The number of hydrogen-bond acceptors (Lipinski definition) is 6. The average molecular weight is 307 g/mol. The van der Waals surface area contributed by atoms with Gasteiger partial charge in [0.25, 0.3) is 5.69 Å². The Kier molecular flexibility index (Phi) is 5.24. The van der Waals surface area contributed by atoms with Crippen LogP contribution in [0.1, 0.15) is 15.4 Å². The van der Waals surface area contributed by atoms with Crippen molar-refractivity contribution in [3.8, 4) is 0 Å². The lowest BCUT2D eigenvalue weighted by atomic mass is 10.1. The Labute approximate surface area is 126 Å². The highest BCUT2D eigenvalue weighted by atomic mass is 32.1. The molecule has 0 amide bonds. The molecule has 0 fully saturated rings. The van der Waals surface area contributed by atoms with E-state index in [1.54, 1.807) is 30.6 Å². The standard InChI is InChI=1S/C14H17N3O3S/c1-10-8-16-14(21-10)5-6-15-13-4-3-12(17(18)19)7-11(13)9-20-2/h3-4,7-8,15H,5-6,9H2,1-2H3. The van der Waals surface area contributed by atoms with E-state index in [1.165, 1.54) is 10.9 Å². The minimum atomic E-state index is -0.402. The number of ether oxygens (including phenoxy) is 1. The van der Waals surface area contributed by atoms with Gasteiger partial charge in [0, 0.05) is 54.5 Å². The van der Waals surface area contributed by atoms with Gasteiger partial charge >= 0.3 is 0 Å². The molecule has 0 spiro atoms. The molecule has 21 heavy (non-hydrogen) atoms. The van der Waals surface area contributed by atoms with Crippen LogP contribution in [-0.2, 0) is 17.8 Å². The number of aromatic nitrogens is 1. The summed E-state index contributed by atoms with van der Waals surface area (Å²) in [6.07, 6.45) is 2.68. The summed E-state index contributed by atoms with van der Waals surface area (Å²) in [6, 6.07) is 4.76. The molecule has 7 heteroatoms. The molecule has 0 radical (unpaired) electrons. The van der Waals surface area contributed by atoms with Gasteiger partial charge in [0.05, 0.1) is 16.5 Å². The minimum absolute atomic E-state index is 0.0724. The van der Waals surface area contributed by atoms with Gasteiger partial charge in [-0.05, 0) is 13.0 Å². The first-order valence-electron chi connectivity index (χ1n) is 6.51.